The Morgan fingerprint density at radius 1 is 1.00 bits per heavy atom. The molecule has 1 N–H and O–H groups in total. The molecule has 0 unspecified atom stereocenters. The van der Waals surface area contributed by atoms with E-state index in [-0.39, 0.29) is 11.7 Å². The highest BCUT2D eigenvalue weighted by Crippen LogP contribution is 2.27. The van der Waals surface area contributed by atoms with Crippen LogP contribution in [0.2, 0.25) is 5.02 Å². The van der Waals surface area contributed by atoms with E-state index in [9.17, 15) is 9.18 Å². The zero-order valence-corrected chi connectivity index (χ0v) is 15.2. The Bertz CT molecular complexity index is 1150. The standard InChI is InChI=1S/C21H15ClFN3O/c1-24-21(27)18-11-14(4-7-19(18)22)15-8-9-26-17(10-15)12-20(25-26)13-2-5-16(23)6-3-13/h2-12H,1H3,(H,24,27). The quantitative estimate of drug-likeness (QED) is 0.554. The number of nitrogens with one attached hydrogen (secondary N) is 1. The van der Waals surface area contributed by atoms with Crippen LogP contribution in [0.5, 0.6) is 0 Å². The van der Waals surface area contributed by atoms with Gasteiger partial charge in [-0.3, -0.25) is 4.79 Å². The summed E-state index contributed by atoms with van der Waals surface area (Å²) in [6.45, 7) is 0. The van der Waals surface area contributed by atoms with Crippen LogP contribution in [0.3, 0.4) is 0 Å². The molecule has 2 aromatic carbocycles. The van der Waals surface area contributed by atoms with E-state index in [1.807, 2.05) is 30.5 Å². The molecule has 0 saturated heterocycles. The third-order valence-electron chi connectivity index (χ3n) is 4.37. The molecule has 0 aliphatic rings. The van der Waals surface area contributed by atoms with Gasteiger partial charge in [-0.2, -0.15) is 5.10 Å². The van der Waals surface area contributed by atoms with Crippen molar-refractivity contribution in [2.24, 2.45) is 0 Å². The minimum absolute atomic E-state index is 0.231. The van der Waals surface area contributed by atoms with Crippen LogP contribution in [-0.4, -0.2) is 22.6 Å². The summed E-state index contributed by atoms with van der Waals surface area (Å²) in [4.78, 5) is 12.0. The average molecular weight is 380 g/mol. The number of carbonyl (C=O) groups is 1. The van der Waals surface area contributed by atoms with Crippen LogP contribution in [0.15, 0.2) is 66.9 Å². The molecular formula is C21H15ClFN3O. The second-order valence-electron chi connectivity index (χ2n) is 6.10. The van der Waals surface area contributed by atoms with Gasteiger partial charge in [-0.1, -0.05) is 17.7 Å². The number of carbonyl (C=O) groups excluding carboxylic acids is 1. The molecule has 0 aliphatic carbocycles. The van der Waals surface area contributed by atoms with E-state index in [0.717, 1.165) is 27.9 Å². The van der Waals surface area contributed by atoms with Crippen molar-refractivity contribution in [1.82, 2.24) is 14.9 Å². The van der Waals surface area contributed by atoms with E-state index in [2.05, 4.69) is 10.4 Å². The summed E-state index contributed by atoms with van der Waals surface area (Å²) in [6, 6.07) is 17.4. The van der Waals surface area contributed by atoms with Crippen molar-refractivity contribution in [2.45, 2.75) is 0 Å². The molecule has 0 spiro atoms. The third kappa shape index (κ3) is 3.29. The maximum atomic E-state index is 13.1. The Morgan fingerprint density at radius 2 is 1.70 bits per heavy atom. The minimum atomic E-state index is -0.278. The highest BCUT2D eigenvalue weighted by molar-refractivity contribution is 6.34. The van der Waals surface area contributed by atoms with Crippen molar-refractivity contribution < 1.29 is 9.18 Å². The topological polar surface area (TPSA) is 46.4 Å². The second-order valence-corrected chi connectivity index (χ2v) is 6.50. The molecule has 0 bridgehead atoms. The number of fused-ring (bicyclic) bond motifs is 1. The number of hydrogen-bond acceptors (Lipinski definition) is 2. The molecule has 0 saturated carbocycles. The number of amides is 1. The number of aromatic nitrogens is 2. The fourth-order valence-electron chi connectivity index (χ4n) is 2.95. The largest absolute Gasteiger partial charge is 0.355 e. The molecule has 1 amide bonds. The Hall–Kier alpha value is -3.18. The third-order valence-corrected chi connectivity index (χ3v) is 4.70. The lowest BCUT2D eigenvalue weighted by Gasteiger charge is -2.07. The lowest BCUT2D eigenvalue weighted by atomic mass is 10.0. The lowest BCUT2D eigenvalue weighted by Crippen LogP contribution is -2.18. The van der Waals surface area contributed by atoms with Gasteiger partial charge in [0, 0.05) is 18.8 Å². The van der Waals surface area contributed by atoms with Gasteiger partial charge in [0.25, 0.3) is 5.91 Å². The summed E-state index contributed by atoms with van der Waals surface area (Å²) in [6.07, 6.45) is 1.85. The molecule has 0 aliphatic heterocycles. The predicted molar refractivity (Wildman–Crippen MR) is 104 cm³/mol. The molecule has 4 aromatic rings. The molecule has 4 rings (SSSR count). The second kappa shape index (κ2) is 6.85. The maximum absolute atomic E-state index is 13.1. The fraction of sp³-hybridized carbons (Fsp3) is 0.0476. The Labute approximate surface area is 160 Å². The first-order valence-corrected chi connectivity index (χ1v) is 8.70. The molecule has 0 fully saturated rings. The number of rotatable bonds is 3. The lowest BCUT2D eigenvalue weighted by molar-refractivity contribution is 0.0963. The van der Waals surface area contributed by atoms with Crippen molar-refractivity contribution >= 4 is 23.0 Å². The first-order valence-electron chi connectivity index (χ1n) is 8.32. The van der Waals surface area contributed by atoms with Gasteiger partial charge in [0.05, 0.1) is 21.8 Å². The van der Waals surface area contributed by atoms with Crippen LogP contribution >= 0.6 is 11.6 Å². The Kier molecular flexibility index (Phi) is 4.38. The molecule has 2 aromatic heterocycles. The van der Waals surface area contributed by atoms with Crippen LogP contribution in [0.25, 0.3) is 27.9 Å². The molecule has 6 heteroatoms. The van der Waals surface area contributed by atoms with Crippen molar-refractivity contribution in [3.8, 4) is 22.4 Å². The van der Waals surface area contributed by atoms with Gasteiger partial charge in [-0.15, -0.1) is 0 Å². The highest BCUT2D eigenvalue weighted by Gasteiger charge is 2.11. The van der Waals surface area contributed by atoms with E-state index in [0.29, 0.717) is 10.6 Å². The average Bonchev–Trinajstić information content (AvgIpc) is 3.11. The van der Waals surface area contributed by atoms with Gasteiger partial charge in [0.2, 0.25) is 0 Å². The number of nitrogens with zero attached hydrogens (tertiary/aromatic N) is 2. The van der Waals surface area contributed by atoms with Crippen LogP contribution in [0.4, 0.5) is 4.39 Å². The molecule has 4 nitrogen and oxygen atoms in total. The smallest absolute Gasteiger partial charge is 0.252 e. The van der Waals surface area contributed by atoms with Crippen LogP contribution in [-0.2, 0) is 0 Å². The number of hydrogen-bond donors (Lipinski definition) is 1. The summed E-state index contributed by atoms with van der Waals surface area (Å²) in [5.74, 6) is -0.509. The number of pyridine rings is 1. The van der Waals surface area contributed by atoms with Gasteiger partial charge in [-0.25, -0.2) is 8.91 Å². The van der Waals surface area contributed by atoms with Gasteiger partial charge in [0.15, 0.2) is 0 Å². The zero-order valence-electron chi connectivity index (χ0n) is 14.4. The summed E-state index contributed by atoms with van der Waals surface area (Å²) >= 11 is 6.13. The maximum Gasteiger partial charge on any atom is 0.252 e. The van der Waals surface area contributed by atoms with E-state index < -0.39 is 0 Å². The number of halogens is 2. The molecule has 27 heavy (non-hydrogen) atoms. The Balaban J connectivity index is 1.76. The molecule has 0 radical (unpaired) electrons. The first kappa shape index (κ1) is 17.2. The Morgan fingerprint density at radius 3 is 2.44 bits per heavy atom. The summed E-state index contributed by atoms with van der Waals surface area (Å²) < 4.78 is 14.9. The normalized spacial score (nSPS) is 10.9. The predicted octanol–water partition coefficient (Wildman–Crippen LogP) is 4.82. The summed E-state index contributed by atoms with van der Waals surface area (Å²) in [7, 11) is 1.57. The molecule has 0 atom stereocenters. The molecule has 134 valence electrons. The van der Waals surface area contributed by atoms with Gasteiger partial charge < -0.3 is 5.32 Å². The van der Waals surface area contributed by atoms with E-state index in [4.69, 9.17) is 11.6 Å². The summed E-state index contributed by atoms with van der Waals surface area (Å²) in [5.41, 5.74) is 4.74. The van der Waals surface area contributed by atoms with E-state index in [1.54, 1.807) is 35.8 Å². The van der Waals surface area contributed by atoms with Gasteiger partial charge in [-0.05, 0) is 65.7 Å². The van der Waals surface area contributed by atoms with Gasteiger partial charge >= 0.3 is 0 Å². The van der Waals surface area contributed by atoms with Crippen LogP contribution in [0.1, 0.15) is 10.4 Å². The summed E-state index contributed by atoms with van der Waals surface area (Å²) in [5, 5.41) is 7.53. The first-order chi connectivity index (χ1) is 13.0. The minimum Gasteiger partial charge on any atom is -0.355 e. The van der Waals surface area contributed by atoms with E-state index in [1.165, 1.54) is 12.1 Å². The van der Waals surface area contributed by atoms with Crippen molar-refractivity contribution in [3.63, 3.8) is 0 Å². The van der Waals surface area contributed by atoms with Crippen molar-refractivity contribution in [2.75, 3.05) is 7.05 Å². The van der Waals surface area contributed by atoms with Crippen LogP contribution in [0, 0.1) is 5.82 Å². The monoisotopic (exact) mass is 379 g/mol. The van der Waals surface area contributed by atoms with E-state index >= 15 is 0 Å². The van der Waals surface area contributed by atoms with Crippen molar-refractivity contribution in [3.05, 3.63) is 83.3 Å². The van der Waals surface area contributed by atoms with Crippen LogP contribution < -0.4 is 5.32 Å². The molecule has 2 heterocycles. The highest BCUT2D eigenvalue weighted by atomic mass is 35.5. The fourth-order valence-corrected chi connectivity index (χ4v) is 3.15. The number of benzene rings is 2. The van der Waals surface area contributed by atoms with Crippen molar-refractivity contribution in [1.29, 1.82) is 0 Å². The van der Waals surface area contributed by atoms with Gasteiger partial charge in [0.1, 0.15) is 5.82 Å². The SMILES string of the molecule is CNC(=O)c1cc(-c2ccn3nc(-c4ccc(F)cc4)cc3c2)ccc1Cl. The zero-order chi connectivity index (χ0) is 19.0. The molecular weight excluding hydrogens is 365 g/mol.